The van der Waals surface area contributed by atoms with Gasteiger partial charge in [0.1, 0.15) is 11.6 Å². The normalized spacial score (nSPS) is 10.8. The molecule has 0 aromatic heterocycles. The third-order valence-electron chi connectivity index (χ3n) is 2.23. The van der Waals surface area contributed by atoms with Crippen molar-refractivity contribution in [2.45, 2.75) is 19.8 Å². The predicted octanol–water partition coefficient (Wildman–Crippen LogP) is 3.70. The molecule has 0 aliphatic rings. The van der Waals surface area contributed by atoms with Gasteiger partial charge in [-0.1, -0.05) is 41.4 Å². The molecular weight excluding hydrogens is 294 g/mol. The van der Waals surface area contributed by atoms with Gasteiger partial charge in [-0.2, -0.15) is 5.26 Å². The highest BCUT2D eigenvalue weighted by atomic mass is 79.9. The predicted molar refractivity (Wildman–Crippen MR) is 73.6 cm³/mol. The van der Waals surface area contributed by atoms with E-state index in [-0.39, 0.29) is 5.57 Å². The van der Waals surface area contributed by atoms with Crippen molar-refractivity contribution in [3.05, 3.63) is 39.9 Å². The van der Waals surface area contributed by atoms with Gasteiger partial charge in [-0.05, 0) is 30.2 Å². The van der Waals surface area contributed by atoms with Gasteiger partial charge in [0.25, 0.3) is 0 Å². The zero-order chi connectivity index (χ0) is 13.4. The second-order valence-electron chi connectivity index (χ2n) is 3.71. The van der Waals surface area contributed by atoms with Crippen LogP contribution in [0.15, 0.2) is 34.3 Å². The fraction of sp³-hybridized carbons (Fsp3) is 0.286. The van der Waals surface area contributed by atoms with Crippen molar-refractivity contribution in [1.29, 1.82) is 5.26 Å². The molecule has 94 valence electrons. The maximum Gasteiger partial charge on any atom is 0.348 e. The van der Waals surface area contributed by atoms with Crippen LogP contribution in [0.5, 0.6) is 0 Å². The number of nitriles is 1. The minimum Gasteiger partial charge on any atom is -0.462 e. The number of hydrogen-bond donors (Lipinski definition) is 0. The van der Waals surface area contributed by atoms with Gasteiger partial charge >= 0.3 is 5.97 Å². The lowest BCUT2D eigenvalue weighted by atomic mass is 10.1. The number of ether oxygens (including phenoxy) is 1. The molecule has 4 heteroatoms. The molecule has 0 heterocycles. The zero-order valence-electron chi connectivity index (χ0n) is 10.1. The molecule has 0 aliphatic carbocycles. The molecule has 18 heavy (non-hydrogen) atoms. The molecule has 3 nitrogen and oxygen atoms in total. The third kappa shape index (κ3) is 4.72. The number of rotatable bonds is 5. The molecule has 0 saturated heterocycles. The first-order chi connectivity index (χ1) is 8.67. The van der Waals surface area contributed by atoms with Crippen LogP contribution in [0.25, 0.3) is 6.08 Å². The Kier molecular flexibility index (Phi) is 6.16. The first-order valence-corrected chi connectivity index (χ1v) is 6.51. The topological polar surface area (TPSA) is 50.1 Å². The maximum atomic E-state index is 11.6. The van der Waals surface area contributed by atoms with Crippen LogP contribution in [0, 0.1) is 11.3 Å². The van der Waals surface area contributed by atoms with Crippen molar-refractivity contribution in [3.8, 4) is 6.07 Å². The Morgan fingerprint density at radius 1 is 1.56 bits per heavy atom. The fourth-order valence-electron chi connectivity index (χ4n) is 1.29. The van der Waals surface area contributed by atoms with Gasteiger partial charge in [0.2, 0.25) is 0 Å². The van der Waals surface area contributed by atoms with Crippen molar-refractivity contribution in [2.24, 2.45) is 0 Å². The van der Waals surface area contributed by atoms with Crippen LogP contribution in [0.4, 0.5) is 0 Å². The molecule has 0 aliphatic heterocycles. The van der Waals surface area contributed by atoms with E-state index in [1.165, 1.54) is 6.08 Å². The molecule has 1 aromatic rings. The van der Waals surface area contributed by atoms with E-state index in [0.717, 1.165) is 22.9 Å². The first kappa shape index (κ1) is 14.5. The van der Waals surface area contributed by atoms with Crippen LogP contribution >= 0.6 is 15.9 Å². The molecule has 0 fully saturated rings. The van der Waals surface area contributed by atoms with E-state index in [0.29, 0.717) is 6.61 Å². The van der Waals surface area contributed by atoms with Gasteiger partial charge in [0, 0.05) is 4.47 Å². The molecule has 0 N–H and O–H groups in total. The van der Waals surface area contributed by atoms with Gasteiger partial charge in [0.05, 0.1) is 6.61 Å². The molecule has 1 rings (SSSR count). The van der Waals surface area contributed by atoms with E-state index in [2.05, 4.69) is 15.9 Å². The van der Waals surface area contributed by atoms with E-state index in [1.54, 1.807) is 0 Å². The summed E-state index contributed by atoms with van der Waals surface area (Å²) < 4.78 is 5.89. The highest BCUT2D eigenvalue weighted by molar-refractivity contribution is 9.10. The summed E-state index contributed by atoms with van der Waals surface area (Å²) in [4.78, 5) is 11.6. The lowest BCUT2D eigenvalue weighted by Crippen LogP contribution is -2.07. The van der Waals surface area contributed by atoms with Crippen LogP contribution in [0.1, 0.15) is 25.3 Å². The summed E-state index contributed by atoms with van der Waals surface area (Å²) >= 11 is 3.33. The van der Waals surface area contributed by atoms with Crippen LogP contribution < -0.4 is 0 Å². The Hall–Kier alpha value is -1.60. The third-order valence-corrected chi connectivity index (χ3v) is 2.72. The number of carbonyl (C=O) groups excluding carboxylic acids is 1. The van der Waals surface area contributed by atoms with Crippen LogP contribution in [-0.4, -0.2) is 12.6 Å². The van der Waals surface area contributed by atoms with Crippen molar-refractivity contribution in [2.75, 3.05) is 6.61 Å². The standard InChI is InChI=1S/C14H14BrNO2/c1-2-3-7-18-14(17)12(10-16)8-11-5-4-6-13(15)9-11/h4-6,8-9H,2-3,7H2,1H3/b12-8-. The Morgan fingerprint density at radius 2 is 2.33 bits per heavy atom. The average molecular weight is 308 g/mol. The second kappa shape index (κ2) is 7.67. The van der Waals surface area contributed by atoms with E-state index in [9.17, 15) is 4.79 Å². The number of halogens is 1. The summed E-state index contributed by atoms with van der Waals surface area (Å²) in [6.07, 6.45) is 3.28. The number of unbranched alkanes of at least 4 members (excludes halogenated alkanes) is 1. The molecule has 0 unspecified atom stereocenters. The summed E-state index contributed by atoms with van der Waals surface area (Å²) in [6, 6.07) is 9.24. The Balaban J connectivity index is 2.77. The molecule has 0 bridgehead atoms. The summed E-state index contributed by atoms with van der Waals surface area (Å²) in [6.45, 7) is 2.36. The van der Waals surface area contributed by atoms with E-state index < -0.39 is 5.97 Å². The van der Waals surface area contributed by atoms with Crippen LogP contribution in [-0.2, 0) is 9.53 Å². The van der Waals surface area contributed by atoms with Gasteiger partial charge in [0.15, 0.2) is 0 Å². The largest absolute Gasteiger partial charge is 0.462 e. The monoisotopic (exact) mass is 307 g/mol. The fourth-order valence-corrected chi connectivity index (χ4v) is 1.70. The van der Waals surface area contributed by atoms with Crippen LogP contribution in [0.2, 0.25) is 0 Å². The molecule has 0 amide bonds. The summed E-state index contributed by atoms with van der Waals surface area (Å²) in [5.41, 5.74) is 0.803. The van der Waals surface area contributed by atoms with Crippen molar-refractivity contribution in [3.63, 3.8) is 0 Å². The number of carbonyl (C=O) groups is 1. The summed E-state index contributed by atoms with van der Waals surface area (Å²) in [5, 5.41) is 8.95. The highest BCUT2D eigenvalue weighted by Crippen LogP contribution is 2.14. The minimum absolute atomic E-state index is 0.0178. The van der Waals surface area contributed by atoms with Crippen molar-refractivity contribution in [1.82, 2.24) is 0 Å². The van der Waals surface area contributed by atoms with Crippen molar-refractivity contribution >= 4 is 28.0 Å². The summed E-state index contributed by atoms with van der Waals surface area (Å²) in [5.74, 6) is -0.564. The minimum atomic E-state index is -0.564. The zero-order valence-corrected chi connectivity index (χ0v) is 11.7. The van der Waals surface area contributed by atoms with Gasteiger partial charge in [-0.3, -0.25) is 0 Å². The Bertz CT molecular complexity index is 489. The van der Waals surface area contributed by atoms with E-state index >= 15 is 0 Å². The van der Waals surface area contributed by atoms with Gasteiger partial charge in [-0.15, -0.1) is 0 Å². The van der Waals surface area contributed by atoms with Gasteiger partial charge < -0.3 is 4.74 Å². The number of hydrogen-bond acceptors (Lipinski definition) is 3. The average Bonchev–Trinajstić information content (AvgIpc) is 2.36. The van der Waals surface area contributed by atoms with E-state index in [1.807, 2.05) is 37.3 Å². The molecular formula is C14H14BrNO2. The Morgan fingerprint density at radius 3 is 2.94 bits per heavy atom. The highest BCUT2D eigenvalue weighted by Gasteiger charge is 2.10. The van der Waals surface area contributed by atoms with Gasteiger partial charge in [-0.25, -0.2) is 4.79 Å². The first-order valence-electron chi connectivity index (χ1n) is 5.72. The van der Waals surface area contributed by atoms with Crippen LogP contribution in [0.3, 0.4) is 0 Å². The maximum absolute atomic E-state index is 11.6. The number of nitrogens with zero attached hydrogens (tertiary/aromatic N) is 1. The quantitative estimate of drug-likeness (QED) is 0.361. The SMILES string of the molecule is CCCCOC(=O)/C(C#N)=C\c1cccc(Br)c1. The van der Waals surface area contributed by atoms with Crippen molar-refractivity contribution < 1.29 is 9.53 Å². The molecule has 0 spiro atoms. The molecule has 0 radical (unpaired) electrons. The lowest BCUT2D eigenvalue weighted by Gasteiger charge is -2.02. The summed E-state index contributed by atoms with van der Waals surface area (Å²) in [7, 11) is 0. The molecule has 0 saturated carbocycles. The van der Waals surface area contributed by atoms with E-state index in [4.69, 9.17) is 10.00 Å². The smallest absolute Gasteiger partial charge is 0.348 e. The Labute approximate surface area is 115 Å². The number of benzene rings is 1. The number of esters is 1. The molecule has 0 atom stereocenters. The molecule has 1 aromatic carbocycles. The second-order valence-corrected chi connectivity index (χ2v) is 4.63. The lowest BCUT2D eigenvalue weighted by molar-refractivity contribution is -0.138.